The molecule has 1 aliphatic rings. The fourth-order valence-corrected chi connectivity index (χ4v) is 4.07. The molecule has 0 radical (unpaired) electrons. The van der Waals surface area contributed by atoms with Crippen LogP contribution in [-0.2, 0) is 17.3 Å². The first kappa shape index (κ1) is 21.8. The van der Waals surface area contributed by atoms with Crippen LogP contribution in [0.25, 0.3) is 22.5 Å². The molecule has 0 saturated heterocycles. The number of amides is 1. The SMILES string of the molecule is CN(C)S(=O)(=O)NC(=O)c1ccccc1-c1n[nH]cc1-c1c(O)c(C2CC2)cc(=O)n1C. The number of H-pyrrole nitrogens is 1. The Kier molecular flexibility index (Phi) is 5.39. The quantitative estimate of drug-likeness (QED) is 0.514. The van der Waals surface area contributed by atoms with Gasteiger partial charge in [0.25, 0.3) is 11.5 Å². The van der Waals surface area contributed by atoms with E-state index in [9.17, 15) is 23.1 Å². The summed E-state index contributed by atoms with van der Waals surface area (Å²) in [6.07, 6.45) is 3.34. The number of carbonyl (C=O) groups excluding carboxylic acids is 1. The summed E-state index contributed by atoms with van der Waals surface area (Å²) in [6.45, 7) is 0. The van der Waals surface area contributed by atoms with E-state index in [-0.39, 0.29) is 28.5 Å². The van der Waals surface area contributed by atoms with Crippen LogP contribution in [0.5, 0.6) is 5.75 Å². The largest absolute Gasteiger partial charge is 0.505 e. The lowest BCUT2D eigenvalue weighted by atomic mass is 9.98. The first-order valence-corrected chi connectivity index (χ1v) is 11.4. The summed E-state index contributed by atoms with van der Waals surface area (Å²) in [4.78, 5) is 25.4. The van der Waals surface area contributed by atoms with Gasteiger partial charge in [-0.1, -0.05) is 18.2 Å². The number of aromatic hydroxyl groups is 1. The summed E-state index contributed by atoms with van der Waals surface area (Å²) in [5.74, 6) is -0.685. The van der Waals surface area contributed by atoms with E-state index in [2.05, 4.69) is 10.2 Å². The van der Waals surface area contributed by atoms with E-state index in [4.69, 9.17) is 0 Å². The highest BCUT2D eigenvalue weighted by Gasteiger charge is 2.31. The van der Waals surface area contributed by atoms with Crippen molar-refractivity contribution in [3.63, 3.8) is 0 Å². The van der Waals surface area contributed by atoms with E-state index in [1.165, 1.54) is 37.0 Å². The van der Waals surface area contributed by atoms with Crippen LogP contribution in [0.2, 0.25) is 0 Å². The monoisotopic (exact) mass is 457 g/mol. The van der Waals surface area contributed by atoms with Crippen molar-refractivity contribution in [2.24, 2.45) is 7.05 Å². The maximum absolute atomic E-state index is 12.8. The summed E-state index contributed by atoms with van der Waals surface area (Å²) in [7, 11) is 0.166. The van der Waals surface area contributed by atoms with Gasteiger partial charge < -0.3 is 9.67 Å². The molecule has 0 unspecified atom stereocenters. The lowest BCUT2D eigenvalue weighted by Gasteiger charge is -2.16. The van der Waals surface area contributed by atoms with Crippen molar-refractivity contribution in [1.29, 1.82) is 0 Å². The van der Waals surface area contributed by atoms with E-state index in [1.54, 1.807) is 25.2 Å². The molecular formula is C21H23N5O5S. The van der Waals surface area contributed by atoms with Crippen LogP contribution in [0.3, 0.4) is 0 Å². The number of carbonyl (C=O) groups is 1. The molecule has 0 atom stereocenters. The Morgan fingerprint density at radius 1 is 1.25 bits per heavy atom. The fourth-order valence-electron chi connectivity index (χ4n) is 3.54. The zero-order valence-corrected chi connectivity index (χ0v) is 18.6. The van der Waals surface area contributed by atoms with Crippen LogP contribution in [0.4, 0.5) is 0 Å². The topological polar surface area (TPSA) is 137 Å². The molecule has 0 bridgehead atoms. The number of nitrogens with one attached hydrogen (secondary N) is 2. The second-order valence-corrected chi connectivity index (χ2v) is 9.76. The van der Waals surface area contributed by atoms with Gasteiger partial charge in [0.2, 0.25) is 0 Å². The molecule has 1 saturated carbocycles. The van der Waals surface area contributed by atoms with Gasteiger partial charge in [-0.3, -0.25) is 14.7 Å². The van der Waals surface area contributed by atoms with Crippen molar-refractivity contribution in [3.8, 4) is 28.3 Å². The van der Waals surface area contributed by atoms with Crippen molar-refractivity contribution in [1.82, 2.24) is 23.8 Å². The molecule has 0 spiro atoms. The Morgan fingerprint density at radius 2 is 1.94 bits per heavy atom. The molecule has 3 aromatic rings. The fraction of sp³-hybridized carbons (Fsp3) is 0.286. The minimum atomic E-state index is -4.00. The van der Waals surface area contributed by atoms with Gasteiger partial charge in [0.05, 0.1) is 5.69 Å². The van der Waals surface area contributed by atoms with E-state index < -0.39 is 16.1 Å². The van der Waals surface area contributed by atoms with Crippen LogP contribution in [0, 0.1) is 0 Å². The number of benzene rings is 1. The number of aromatic nitrogens is 3. The third kappa shape index (κ3) is 3.80. The molecule has 11 heteroatoms. The molecule has 1 aliphatic carbocycles. The highest BCUT2D eigenvalue weighted by atomic mass is 32.2. The molecule has 2 aromatic heterocycles. The standard InChI is InChI=1S/C21H23N5O5S/c1-25(2)32(30,31)24-21(29)14-7-5-4-6-13(14)18-16(11-22-23-18)19-20(28)15(12-8-9-12)10-17(27)26(19)3/h4-7,10-12,28H,8-9H2,1-3H3,(H,22,23)(H,24,29). The Balaban J connectivity index is 1.85. The average molecular weight is 458 g/mol. The summed E-state index contributed by atoms with van der Waals surface area (Å²) in [5, 5.41) is 18.0. The van der Waals surface area contributed by atoms with Crippen molar-refractivity contribution in [3.05, 3.63) is 58.0 Å². The van der Waals surface area contributed by atoms with E-state index in [1.807, 2.05) is 4.72 Å². The number of hydrogen-bond acceptors (Lipinski definition) is 6. The second kappa shape index (κ2) is 7.92. The van der Waals surface area contributed by atoms with Gasteiger partial charge in [-0.25, -0.2) is 4.72 Å². The zero-order valence-electron chi connectivity index (χ0n) is 17.8. The van der Waals surface area contributed by atoms with Gasteiger partial charge in [-0.15, -0.1) is 0 Å². The predicted molar refractivity (Wildman–Crippen MR) is 118 cm³/mol. The smallest absolute Gasteiger partial charge is 0.303 e. The number of aromatic amines is 1. The highest BCUT2D eigenvalue weighted by Crippen LogP contribution is 2.47. The summed E-state index contributed by atoms with van der Waals surface area (Å²) in [5.41, 5.74) is 1.75. The van der Waals surface area contributed by atoms with Crippen LogP contribution in [0.1, 0.15) is 34.7 Å². The normalized spacial score (nSPS) is 14.0. The second-order valence-electron chi connectivity index (χ2n) is 7.88. The van der Waals surface area contributed by atoms with Gasteiger partial charge >= 0.3 is 10.2 Å². The molecule has 3 N–H and O–H groups in total. The molecule has 168 valence electrons. The van der Waals surface area contributed by atoms with Crippen LogP contribution in [0.15, 0.2) is 41.3 Å². The van der Waals surface area contributed by atoms with Crippen LogP contribution >= 0.6 is 0 Å². The van der Waals surface area contributed by atoms with Crippen molar-refractivity contribution >= 4 is 16.1 Å². The van der Waals surface area contributed by atoms with Crippen molar-refractivity contribution < 1.29 is 18.3 Å². The van der Waals surface area contributed by atoms with Crippen molar-refractivity contribution in [2.45, 2.75) is 18.8 Å². The number of nitrogens with zero attached hydrogens (tertiary/aromatic N) is 3. The molecule has 0 aliphatic heterocycles. The molecule has 1 fully saturated rings. The van der Waals surface area contributed by atoms with Gasteiger partial charge in [0.1, 0.15) is 11.4 Å². The third-order valence-corrected chi connectivity index (χ3v) is 6.89. The third-order valence-electron chi connectivity index (χ3n) is 5.48. The Morgan fingerprint density at radius 3 is 2.59 bits per heavy atom. The lowest BCUT2D eigenvalue weighted by Crippen LogP contribution is -2.39. The van der Waals surface area contributed by atoms with Gasteiger partial charge in [0.15, 0.2) is 0 Å². The van der Waals surface area contributed by atoms with Gasteiger partial charge in [-0.2, -0.15) is 17.8 Å². The maximum Gasteiger partial charge on any atom is 0.303 e. The Labute approximate surface area is 184 Å². The average Bonchev–Trinajstić information content (AvgIpc) is 3.47. The first-order chi connectivity index (χ1) is 15.1. The molecule has 1 amide bonds. The molecule has 32 heavy (non-hydrogen) atoms. The molecule has 2 heterocycles. The summed E-state index contributed by atoms with van der Waals surface area (Å²) >= 11 is 0. The molecule has 10 nitrogen and oxygen atoms in total. The summed E-state index contributed by atoms with van der Waals surface area (Å²) < 4.78 is 28.5. The highest BCUT2D eigenvalue weighted by molar-refractivity contribution is 7.87. The van der Waals surface area contributed by atoms with Gasteiger partial charge in [-0.05, 0) is 24.8 Å². The lowest BCUT2D eigenvalue weighted by molar-refractivity contribution is 0.0980. The molecule has 4 rings (SSSR count). The van der Waals surface area contributed by atoms with Crippen LogP contribution in [-0.4, -0.2) is 52.6 Å². The van der Waals surface area contributed by atoms with E-state index in [0.29, 0.717) is 22.4 Å². The van der Waals surface area contributed by atoms with Crippen molar-refractivity contribution in [2.75, 3.05) is 14.1 Å². The molecular weight excluding hydrogens is 434 g/mol. The first-order valence-electron chi connectivity index (χ1n) is 9.93. The maximum atomic E-state index is 12.8. The van der Waals surface area contributed by atoms with E-state index in [0.717, 1.165) is 17.1 Å². The Bertz CT molecular complexity index is 1370. The van der Waals surface area contributed by atoms with Gasteiger partial charge in [0, 0.05) is 55.7 Å². The number of hydrogen-bond donors (Lipinski definition) is 3. The summed E-state index contributed by atoms with van der Waals surface area (Å²) in [6, 6.07) is 7.84. The number of pyridine rings is 1. The van der Waals surface area contributed by atoms with Crippen LogP contribution < -0.4 is 10.3 Å². The van der Waals surface area contributed by atoms with E-state index >= 15 is 0 Å². The minimum absolute atomic E-state index is 0.00521. The predicted octanol–water partition coefficient (Wildman–Crippen LogP) is 1.56. The number of rotatable bonds is 6. The Hall–Kier alpha value is -3.44. The zero-order chi connectivity index (χ0) is 23.2. The molecule has 1 aromatic carbocycles. The minimum Gasteiger partial charge on any atom is -0.505 e.